The van der Waals surface area contributed by atoms with Crippen LogP contribution in [-0.2, 0) is 16.0 Å². The van der Waals surface area contributed by atoms with Crippen LogP contribution in [0.25, 0.3) is 0 Å². The highest BCUT2D eigenvalue weighted by Gasteiger charge is 2.06. The lowest BCUT2D eigenvalue weighted by Gasteiger charge is -2.00. The number of carboxylic acid groups (broad SMARTS) is 1. The lowest BCUT2D eigenvalue weighted by atomic mass is 10.1. The maximum absolute atomic E-state index is 11.3. The molecule has 1 rings (SSSR count). The minimum atomic E-state index is -0.931. The zero-order chi connectivity index (χ0) is 11.3. The summed E-state index contributed by atoms with van der Waals surface area (Å²) in [5.74, 6) is -0.973. The van der Waals surface area contributed by atoms with Gasteiger partial charge in [-0.3, -0.25) is 9.59 Å². The summed E-state index contributed by atoms with van der Waals surface area (Å²) in [5.41, 5.74) is 0.911. The number of halogens is 1. The summed E-state index contributed by atoms with van der Waals surface area (Å²) >= 11 is 3.30. The third-order valence-corrected chi connectivity index (χ3v) is 2.46. The Balaban J connectivity index is 2.44. The molecule has 80 valence electrons. The molecule has 0 radical (unpaired) electrons. The number of carbonyl (C=O) groups excluding carboxylic acids is 1. The van der Waals surface area contributed by atoms with Gasteiger partial charge in [0.25, 0.3) is 0 Å². The van der Waals surface area contributed by atoms with Crippen molar-refractivity contribution in [3.8, 4) is 0 Å². The quantitative estimate of drug-likeness (QED) is 0.894. The predicted molar refractivity (Wildman–Crippen MR) is 59.7 cm³/mol. The van der Waals surface area contributed by atoms with E-state index >= 15 is 0 Å². The summed E-state index contributed by atoms with van der Waals surface area (Å²) < 4.78 is 0.962. The Hall–Kier alpha value is -1.16. The first-order valence-corrected chi connectivity index (χ1v) is 5.35. The van der Waals surface area contributed by atoms with E-state index < -0.39 is 5.97 Å². The van der Waals surface area contributed by atoms with Crippen molar-refractivity contribution >= 4 is 27.7 Å². The lowest BCUT2D eigenvalue weighted by Crippen LogP contribution is -2.06. The van der Waals surface area contributed by atoms with Gasteiger partial charge in [-0.05, 0) is 17.7 Å². The van der Waals surface area contributed by atoms with Gasteiger partial charge in [0, 0.05) is 17.3 Å². The molecule has 0 bridgehead atoms. The Morgan fingerprint density at radius 3 is 2.27 bits per heavy atom. The molecule has 1 aromatic carbocycles. The van der Waals surface area contributed by atoms with Crippen molar-refractivity contribution in [2.24, 2.45) is 0 Å². The van der Waals surface area contributed by atoms with Gasteiger partial charge in [-0.1, -0.05) is 28.1 Å². The number of carboxylic acids is 1. The standard InChI is InChI=1S/C11H11BrO3/c12-9-3-1-8(2-4-9)7-10(13)5-6-11(14)15/h1-4H,5-7H2,(H,14,15). The molecule has 0 unspecified atom stereocenters. The summed E-state index contributed by atoms with van der Waals surface area (Å²) in [6.07, 6.45) is 0.321. The van der Waals surface area contributed by atoms with Crippen LogP contribution in [0.4, 0.5) is 0 Å². The van der Waals surface area contributed by atoms with E-state index in [1.54, 1.807) is 0 Å². The topological polar surface area (TPSA) is 54.4 Å². The smallest absolute Gasteiger partial charge is 0.303 e. The van der Waals surface area contributed by atoms with E-state index in [9.17, 15) is 9.59 Å². The summed E-state index contributed by atoms with van der Waals surface area (Å²) in [4.78, 5) is 21.6. The van der Waals surface area contributed by atoms with Crippen LogP contribution in [0.5, 0.6) is 0 Å². The molecule has 0 fully saturated rings. The van der Waals surface area contributed by atoms with Gasteiger partial charge in [0.1, 0.15) is 5.78 Å². The van der Waals surface area contributed by atoms with E-state index in [0.717, 1.165) is 10.0 Å². The van der Waals surface area contributed by atoms with Crippen molar-refractivity contribution in [1.82, 2.24) is 0 Å². The normalized spacial score (nSPS) is 9.93. The molecule has 0 aliphatic rings. The summed E-state index contributed by atoms with van der Waals surface area (Å²) in [6, 6.07) is 7.42. The zero-order valence-electron chi connectivity index (χ0n) is 8.07. The molecular formula is C11H11BrO3. The maximum atomic E-state index is 11.3. The molecule has 1 aromatic rings. The number of Topliss-reactive ketones (excluding diaryl/α,β-unsaturated/α-hetero) is 1. The summed E-state index contributed by atoms with van der Waals surface area (Å²) in [5, 5.41) is 8.41. The van der Waals surface area contributed by atoms with Crippen molar-refractivity contribution in [2.75, 3.05) is 0 Å². The minimum Gasteiger partial charge on any atom is -0.481 e. The van der Waals surface area contributed by atoms with Crippen LogP contribution in [0, 0.1) is 0 Å². The Labute approximate surface area is 96.2 Å². The maximum Gasteiger partial charge on any atom is 0.303 e. The predicted octanol–water partition coefficient (Wildman–Crippen LogP) is 2.43. The molecule has 0 spiro atoms. The highest BCUT2D eigenvalue weighted by molar-refractivity contribution is 9.10. The van der Waals surface area contributed by atoms with Crippen LogP contribution in [0.3, 0.4) is 0 Å². The number of hydrogen-bond donors (Lipinski definition) is 1. The first-order chi connectivity index (χ1) is 7.08. The zero-order valence-corrected chi connectivity index (χ0v) is 9.66. The highest BCUT2D eigenvalue weighted by atomic mass is 79.9. The molecule has 0 heterocycles. The fourth-order valence-electron chi connectivity index (χ4n) is 1.16. The van der Waals surface area contributed by atoms with Crippen LogP contribution in [0.2, 0.25) is 0 Å². The van der Waals surface area contributed by atoms with Gasteiger partial charge in [-0.15, -0.1) is 0 Å². The fourth-order valence-corrected chi connectivity index (χ4v) is 1.43. The third kappa shape index (κ3) is 4.74. The van der Waals surface area contributed by atoms with E-state index in [0.29, 0.717) is 6.42 Å². The number of hydrogen-bond acceptors (Lipinski definition) is 2. The van der Waals surface area contributed by atoms with E-state index in [2.05, 4.69) is 15.9 Å². The molecule has 0 atom stereocenters. The minimum absolute atomic E-state index is 0.0419. The van der Waals surface area contributed by atoms with Gasteiger partial charge >= 0.3 is 5.97 Å². The van der Waals surface area contributed by atoms with Crippen LogP contribution in [0.15, 0.2) is 28.7 Å². The van der Waals surface area contributed by atoms with E-state index in [1.807, 2.05) is 24.3 Å². The Kier molecular flexibility index (Phi) is 4.49. The molecule has 0 saturated heterocycles. The SMILES string of the molecule is O=C(O)CCC(=O)Cc1ccc(Br)cc1. The second-order valence-corrected chi connectivity index (χ2v) is 4.15. The van der Waals surface area contributed by atoms with Gasteiger partial charge < -0.3 is 5.11 Å². The van der Waals surface area contributed by atoms with Gasteiger partial charge in [0.15, 0.2) is 0 Å². The molecule has 3 nitrogen and oxygen atoms in total. The van der Waals surface area contributed by atoms with Crippen molar-refractivity contribution < 1.29 is 14.7 Å². The van der Waals surface area contributed by atoms with Crippen LogP contribution in [0.1, 0.15) is 18.4 Å². The third-order valence-electron chi connectivity index (χ3n) is 1.93. The second kappa shape index (κ2) is 5.66. The van der Waals surface area contributed by atoms with Crippen LogP contribution < -0.4 is 0 Å². The van der Waals surface area contributed by atoms with Crippen molar-refractivity contribution in [3.05, 3.63) is 34.3 Å². The monoisotopic (exact) mass is 270 g/mol. The van der Waals surface area contributed by atoms with Crippen LogP contribution >= 0.6 is 15.9 Å². The average molecular weight is 271 g/mol. The van der Waals surface area contributed by atoms with E-state index in [1.165, 1.54) is 0 Å². The highest BCUT2D eigenvalue weighted by Crippen LogP contribution is 2.11. The van der Waals surface area contributed by atoms with E-state index in [4.69, 9.17) is 5.11 Å². The van der Waals surface area contributed by atoms with Gasteiger partial charge in [0.05, 0.1) is 6.42 Å². The molecule has 15 heavy (non-hydrogen) atoms. The molecule has 0 amide bonds. The number of carbonyl (C=O) groups is 2. The molecule has 0 aromatic heterocycles. The Morgan fingerprint density at radius 2 is 1.73 bits per heavy atom. The van der Waals surface area contributed by atoms with Crippen LogP contribution in [-0.4, -0.2) is 16.9 Å². The Morgan fingerprint density at radius 1 is 1.13 bits per heavy atom. The number of rotatable bonds is 5. The van der Waals surface area contributed by atoms with Gasteiger partial charge in [-0.25, -0.2) is 0 Å². The van der Waals surface area contributed by atoms with Gasteiger partial charge in [0.2, 0.25) is 0 Å². The largest absolute Gasteiger partial charge is 0.481 e. The second-order valence-electron chi connectivity index (χ2n) is 3.24. The summed E-state index contributed by atoms with van der Waals surface area (Å²) in [7, 11) is 0. The van der Waals surface area contributed by atoms with Crippen molar-refractivity contribution in [3.63, 3.8) is 0 Å². The first-order valence-electron chi connectivity index (χ1n) is 4.56. The summed E-state index contributed by atoms with van der Waals surface area (Å²) in [6.45, 7) is 0. The molecule has 0 aliphatic carbocycles. The molecule has 0 saturated carbocycles. The van der Waals surface area contributed by atoms with E-state index in [-0.39, 0.29) is 18.6 Å². The number of benzene rings is 1. The first kappa shape index (κ1) is 11.9. The number of aliphatic carboxylic acids is 1. The lowest BCUT2D eigenvalue weighted by molar-refractivity contribution is -0.138. The Bertz CT molecular complexity index is 357. The fraction of sp³-hybridized carbons (Fsp3) is 0.273. The molecule has 0 aliphatic heterocycles. The molecule has 4 heteroatoms. The molecule has 1 N–H and O–H groups in total. The number of ketones is 1. The van der Waals surface area contributed by atoms with Crippen molar-refractivity contribution in [2.45, 2.75) is 19.3 Å². The molecular weight excluding hydrogens is 260 g/mol. The average Bonchev–Trinajstić information content (AvgIpc) is 2.19. The van der Waals surface area contributed by atoms with Gasteiger partial charge in [-0.2, -0.15) is 0 Å². The van der Waals surface area contributed by atoms with Crippen molar-refractivity contribution in [1.29, 1.82) is 0 Å².